The molecule has 0 saturated heterocycles. The number of aromatic amines is 1. The van der Waals surface area contributed by atoms with E-state index in [-0.39, 0.29) is 17.9 Å². The Balaban J connectivity index is 1.76. The van der Waals surface area contributed by atoms with Crippen LogP contribution in [-0.4, -0.2) is 41.4 Å². The number of fused-ring (bicyclic) bond motifs is 1. The first-order valence-electron chi connectivity index (χ1n) is 5.93. The third-order valence-electron chi connectivity index (χ3n) is 2.68. The maximum atomic E-state index is 12.1. The summed E-state index contributed by atoms with van der Waals surface area (Å²) in [5.41, 5.74) is 0.435. The van der Waals surface area contributed by atoms with Crippen LogP contribution >= 0.6 is 0 Å². The molecule has 104 valence electrons. The van der Waals surface area contributed by atoms with Crippen LogP contribution in [0.1, 0.15) is 10.4 Å². The van der Waals surface area contributed by atoms with Gasteiger partial charge in [0.15, 0.2) is 11.5 Å². The highest BCUT2D eigenvalue weighted by Crippen LogP contribution is 2.30. The van der Waals surface area contributed by atoms with E-state index in [9.17, 15) is 4.79 Å². The maximum Gasteiger partial charge on any atom is 0.336 e. The lowest BCUT2D eigenvalue weighted by molar-refractivity contribution is 0.102. The molecule has 8 heteroatoms. The highest BCUT2D eigenvalue weighted by molar-refractivity contribution is 6.03. The van der Waals surface area contributed by atoms with Gasteiger partial charge in [-0.05, 0) is 18.2 Å². The summed E-state index contributed by atoms with van der Waals surface area (Å²) < 4.78 is 15.6. The topological polar surface area (TPSA) is 98.4 Å². The number of ether oxygens (including phenoxy) is 3. The van der Waals surface area contributed by atoms with Crippen LogP contribution in [-0.2, 0) is 0 Å². The Morgan fingerprint density at radius 2 is 2.15 bits per heavy atom. The average Bonchev–Trinajstić information content (AvgIpc) is 2.94. The number of rotatable bonds is 3. The third-order valence-corrected chi connectivity index (χ3v) is 2.68. The van der Waals surface area contributed by atoms with Gasteiger partial charge in [-0.3, -0.25) is 10.1 Å². The van der Waals surface area contributed by atoms with Crippen molar-refractivity contribution in [2.75, 3.05) is 25.6 Å². The van der Waals surface area contributed by atoms with Gasteiger partial charge < -0.3 is 14.2 Å². The Bertz CT molecular complexity index is 640. The van der Waals surface area contributed by atoms with Crippen LogP contribution in [0.2, 0.25) is 0 Å². The molecular formula is C12H12N4O4. The summed E-state index contributed by atoms with van der Waals surface area (Å²) >= 11 is 0. The first-order valence-corrected chi connectivity index (χ1v) is 5.93. The fourth-order valence-corrected chi connectivity index (χ4v) is 1.76. The fraction of sp³-hybridized carbons (Fsp3) is 0.250. The molecule has 0 atom stereocenters. The molecule has 1 aromatic heterocycles. The van der Waals surface area contributed by atoms with Gasteiger partial charge in [-0.15, -0.1) is 5.10 Å². The summed E-state index contributed by atoms with van der Waals surface area (Å²) in [5.74, 6) is 1.07. The minimum absolute atomic E-state index is 0.155. The molecule has 0 aliphatic carbocycles. The third kappa shape index (κ3) is 2.35. The minimum Gasteiger partial charge on any atom is -0.486 e. The average molecular weight is 276 g/mol. The summed E-state index contributed by atoms with van der Waals surface area (Å²) in [4.78, 5) is 16.0. The SMILES string of the molecule is COc1n[nH]c(NC(=O)c2ccc3c(c2)OCCO3)n1. The number of methoxy groups -OCH3 is 1. The van der Waals surface area contributed by atoms with Gasteiger partial charge >= 0.3 is 6.01 Å². The first-order chi connectivity index (χ1) is 9.76. The van der Waals surface area contributed by atoms with Crippen LogP contribution in [0.5, 0.6) is 17.5 Å². The van der Waals surface area contributed by atoms with E-state index < -0.39 is 0 Å². The van der Waals surface area contributed by atoms with Gasteiger partial charge in [-0.1, -0.05) is 0 Å². The van der Waals surface area contributed by atoms with Crippen LogP contribution in [0.25, 0.3) is 0 Å². The van der Waals surface area contributed by atoms with E-state index in [2.05, 4.69) is 20.5 Å². The van der Waals surface area contributed by atoms with Crippen LogP contribution in [0.3, 0.4) is 0 Å². The van der Waals surface area contributed by atoms with E-state index in [4.69, 9.17) is 14.2 Å². The largest absolute Gasteiger partial charge is 0.486 e. The van der Waals surface area contributed by atoms with Crippen molar-refractivity contribution in [3.63, 3.8) is 0 Å². The molecular weight excluding hydrogens is 264 g/mol. The molecule has 2 N–H and O–H groups in total. The van der Waals surface area contributed by atoms with E-state index in [1.54, 1.807) is 18.2 Å². The summed E-state index contributed by atoms with van der Waals surface area (Å²) in [5, 5.41) is 8.85. The van der Waals surface area contributed by atoms with Gasteiger partial charge in [-0.25, -0.2) is 5.10 Å². The molecule has 2 aromatic rings. The number of anilines is 1. The molecule has 20 heavy (non-hydrogen) atoms. The molecule has 0 unspecified atom stereocenters. The van der Waals surface area contributed by atoms with E-state index in [1.165, 1.54) is 7.11 Å². The standard InChI is InChI=1S/C12H12N4O4/c1-18-12-14-11(15-16-12)13-10(17)7-2-3-8-9(6-7)20-5-4-19-8/h2-3,6H,4-5H2,1H3,(H2,13,14,15,16,17). The molecule has 2 heterocycles. The highest BCUT2D eigenvalue weighted by atomic mass is 16.6. The van der Waals surface area contributed by atoms with Crippen LogP contribution in [0.15, 0.2) is 18.2 Å². The highest BCUT2D eigenvalue weighted by Gasteiger charge is 2.16. The number of nitrogens with one attached hydrogen (secondary N) is 2. The van der Waals surface area contributed by atoms with E-state index >= 15 is 0 Å². The smallest absolute Gasteiger partial charge is 0.336 e. The summed E-state index contributed by atoms with van der Waals surface area (Å²) in [6, 6.07) is 5.13. The van der Waals surface area contributed by atoms with E-state index in [0.717, 1.165) is 0 Å². The van der Waals surface area contributed by atoms with Gasteiger partial charge in [0.2, 0.25) is 5.95 Å². The van der Waals surface area contributed by atoms with Crippen molar-refractivity contribution in [1.82, 2.24) is 15.2 Å². The van der Waals surface area contributed by atoms with Crippen LogP contribution < -0.4 is 19.5 Å². The van der Waals surface area contributed by atoms with Crippen LogP contribution in [0.4, 0.5) is 5.95 Å². The maximum absolute atomic E-state index is 12.1. The number of aromatic nitrogens is 3. The van der Waals surface area contributed by atoms with E-state index in [0.29, 0.717) is 30.3 Å². The zero-order valence-corrected chi connectivity index (χ0v) is 10.7. The molecule has 0 spiro atoms. The van der Waals surface area contributed by atoms with Gasteiger partial charge in [0.25, 0.3) is 5.91 Å². The molecule has 8 nitrogen and oxygen atoms in total. The lowest BCUT2D eigenvalue weighted by Gasteiger charge is -2.18. The predicted octanol–water partition coefficient (Wildman–Crippen LogP) is 0.837. The second-order valence-corrected chi connectivity index (χ2v) is 3.98. The molecule has 0 radical (unpaired) electrons. The predicted molar refractivity (Wildman–Crippen MR) is 68.3 cm³/mol. The van der Waals surface area contributed by atoms with Crippen molar-refractivity contribution >= 4 is 11.9 Å². The fourth-order valence-electron chi connectivity index (χ4n) is 1.76. The van der Waals surface area contributed by atoms with Crippen molar-refractivity contribution < 1.29 is 19.0 Å². The van der Waals surface area contributed by atoms with Crippen molar-refractivity contribution in [3.05, 3.63) is 23.8 Å². The zero-order valence-electron chi connectivity index (χ0n) is 10.7. The zero-order chi connectivity index (χ0) is 13.9. The first kappa shape index (κ1) is 12.3. The minimum atomic E-state index is -0.333. The molecule has 3 rings (SSSR count). The Morgan fingerprint density at radius 1 is 1.35 bits per heavy atom. The Morgan fingerprint density at radius 3 is 2.90 bits per heavy atom. The number of carbonyl (C=O) groups is 1. The Labute approximate surface area is 114 Å². The van der Waals surface area contributed by atoms with Gasteiger partial charge in [-0.2, -0.15) is 4.98 Å². The lowest BCUT2D eigenvalue weighted by Crippen LogP contribution is -2.17. The molecule has 1 aromatic carbocycles. The number of nitrogens with zero attached hydrogens (tertiary/aromatic N) is 2. The van der Waals surface area contributed by atoms with Crippen molar-refractivity contribution in [2.24, 2.45) is 0 Å². The molecule has 1 aliphatic rings. The van der Waals surface area contributed by atoms with Crippen molar-refractivity contribution in [3.8, 4) is 17.5 Å². The molecule has 1 amide bonds. The molecule has 0 fully saturated rings. The quantitative estimate of drug-likeness (QED) is 0.861. The second-order valence-electron chi connectivity index (χ2n) is 3.98. The molecule has 0 bridgehead atoms. The summed E-state index contributed by atoms with van der Waals surface area (Å²) in [6.07, 6.45) is 0. The summed E-state index contributed by atoms with van der Waals surface area (Å²) in [7, 11) is 1.44. The Kier molecular flexibility index (Phi) is 3.12. The van der Waals surface area contributed by atoms with Crippen LogP contribution in [0, 0.1) is 0 Å². The number of benzene rings is 1. The molecule has 1 aliphatic heterocycles. The number of H-pyrrole nitrogens is 1. The van der Waals surface area contributed by atoms with Gasteiger partial charge in [0.05, 0.1) is 7.11 Å². The van der Waals surface area contributed by atoms with Crippen molar-refractivity contribution in [1.29, 1.82) is 0 Å². The monoisotopic (exact) mass is 276 g/mol. The summed E-state index contributed by atoms with van der Waals surface area (Å²) in [6.45, 7) is 0.980. The molecule has 0 saturated carbocycles. The van der Waals surface area contributed by atoms with Crippen molar-refractivity contribution in [2.45, 2.75) is 0 Å². The number of carbonyl (C=O) groups excluding carboxylic acids is 1. The Hall–Kier alpha value is -2.77. The normalized spacial score (nSPS) is 12.8. The van der Waals surface area contributed by atoms with E-state index in [1.807, 2.05) is 0 Å². The van der Waals surface area contributed by atoms with Gasteiger partial charge in [0.1, 0.15) is 13.2 Å². The number of amides is 1. The van der Waals surface area contributed by atoms with Gasteiger partial charge in [0, 0.05) is 5.56 Å². The number of hydrogen-bond acceptors (Lipinski definition) is 6. The second kappa shape index (κ2) is 5.08. The number of hydrogen-bond donors (Lipinski definition) is 2. The lowest BCUT2D eigenvalue weighted by atomic mass is 10.2.